The third-order valence-electron chi connectivity index (χ3n) is 3.17. The van der Waals surface area contributed by atoms with E-state index >= 15 is 0 Å². The average molecular weight is 229 g/mol. The van der Waals surface area contributed by atoms with Crippen LogP contribution in [0.3, 0.4) is 0 Å². The van der Waals surface area contributed by atoms with Gasteiger partial charge in [-0.05, 0) is 12.1 Å². The zero-order chi connectivity index (χ0) is 11.7. The van der Waals surface area contributed by atoms with Crippen LogP contribution in [0, 0.1) is 0 Å². The van der Waals surface area contributed by atoms with Gasteiger partial charge >= 0.3 is 0 Å². The van der Waals surface area contributed by atoms with Crippen molar-refractivity contribution in [3.63, 3.8) is 0 Å². The molecule has 1 aliphatic heterocycles. The molecule has 0 unspecified atom stereocenters. The van der Waals surface area contributed by atoms with Gasteiger partial charge in [0.25, 0.3) is 0 Å². The first kappa shape index (κ1) is 10.4. The summed E-state index contributed by atoms with van der Waals surface area (Å²) in [6.07, 6.45) is 1.01. The van der Waals surface area contributed by atoms with Crippen LogP contribution in [0.15, 0.2) is 24.3 Å². The van der Waals surface area contributed by atoms with Crippen LogP contribution in [0.4, 0.5) is 0 Å². The molecule has 0 saturated carbocycles. The Kier molecular flexibility index (Phi) is 2.57. The summed E-state index contributed by atoms with van der Waals surface area (Å²) in [6, 6.07) is 7.99. The van der Waals surface area contributed by atoms with Crippen LogP contribution in [-0.4, -0.2) is 23.9 Å². The summed E-state index contributed by atoms with van der Waals surface area (Å²) in [5.74, 6) is 0.868. The Hall–Kier alpha value is -1.81. The van der Waals surface area contributed by atoms with E-state index in [1.54, 1.807) is 7.11 Å². The van der Waals surface area contributed by atoms with Crippen LogP contribution in [0.5, 0.6) is 5.75 Å². The maximum absolute atomic E-state index is 5.39. The Morgan fingerprint density at radius 1 is 1.29 bits per heavy atom. The average Bonchev–Trinajstić information content (AvgIpc) is 2.82. The third-order valence-corrected chi connectivity index (χ3v) is 3.17. The monoisotopic (exact) mass is 229 g/mol. The fourth-order valence-electron chi connectivity index (χ4n) is 2.29. The molecule has 3 rings (SSSR count). The standard InChI is InChI=1S/C13H15N3O/c1-17-12-5-3-2-4-9(12)13-10-8-14-7-6-11(10)15-16-13/h2-5,14H,6-8H2,1H3,(H,15,16). The second-order valence-electron chi connectivity index (χ2n) is 4.16. The van der Waals surface area contributed by atoms with Gasteiger partial charge in [0, 0.05) is 36.3 Å². The fraction of sp³-hybridized carbons (Fsp3) is 0.308. The van der Waals surface area contributed by atoms with E-state index in [4.69, 9.17) is 4.74 Å². The quantitative estimate of drug-likeness (QED) is 0.824. The summed E-state index contributed by atoms with van der Waals surface area (Å²) in [6.45, 7) is 1.89. The number of para-hydroxylation sites is 1. The molecule has 0 saturated heterocycles. The maximum Gasteiger partial charge on any atom is 0.128 e. The highest BCUT2D eigenvalue weighted by atomic mass is 16.5. The van der Waals surface area contributed by atoms with Gasteiger partial charge in [-0.15, -0.1) is 0 Å². The van der Waals surface area contributed by atoms with Crippen molar-refractivity contribution >= 4 is 0 Å². The molecular weight excluding hydrogens is 214 g/mol. The van der Waals surface area contributed by atoms with Crippen LogP contribution in [-0.2, 0) is 13.0 Å². The van der Waals surface area contributed by atoms with Crippen LogP contribution in [0.2, 0.25) is 0 Å². The number of ether oxygens (including phenoxy) is 1. The molecule has 0 amide bonds. The van der Waals surface area contributed by atoms with Crippen LogP contribution in [0.1, 0.15) is 11.3 Å². The summed E-state index contributed by atoms with van der Waals surface area (Å²) in [5.41, 5.74) is 4.56. The van der Waals surface area contributed by atoms with Gasteiger partial charge in [-0.2, -0.15) is 5.10 Å². The van der Waals surface area contributed by atoms with Crippen molar-refractivity contribution in [3.05, 3.63) is 35.5 Å². The summed E-state index contributed by atoms with van der Waals surface area (Å²) >= 11 is 0. The van der Waals surface area contributed by atoms with Gasteiger partial charge in [-0.1, -0.05) is 12.1 Å². The minimum absolute atomic E-state index is 0.868. The molecule has 17 heavy (non-hydrogen) atoms. The molecule has 0 spiro atoms. The molecule has 2 N–H and O–H groups in total. The molecule has 4 heteroatoms. The van der Waals surface area contributed by atoms with Gasteiger partial charge in [0.1, 0.15) is 11.4 Å². The summed E-state index contributed by atoms with van der Waals surface area (Å²) in [5, 5.41) is 10.9. The van der Waals surface area contributed by atoms with E-state index in [0.717, 1.165) is 36.5 Å². The second-order valence-corrected chi connectivity index (χ2v) is 4.16. The summed E-state index contributed by atoms with van der Waals surface area (Å²) < 4.78 is 5.39. The van der Waals surface area contributed by atoms with Crippen molar-refractivity contribution in [3.8, 4) is 17.0 Å². The molecule has 0 atom stereocenters. The highest BCUT2D eigenvalue weighted by Gasteiger charge is 2.19. The Labute approximate surface area is 100 Å². The number of benzene rings is 1. The van der Waals surface area contributed by atoms with Crippen molar-refractivity contribution in [1.29, 1.82) is 0 Å². The molecular formula is C13H15N3O. The first-order valence-corrected chi connectivity index (χ1v) is 5.80. The predicted octanol–water partition coefficient (Wildman–Crippen LogP) is 1.73. The Morgan fingerprint density at radius 3 is 3.06 bits per heavy atom. The van der Waals surface area contributed by atoms with E-state index < -0.39 is 0 Å². The normalized spacial score (nSPS) is 14.4. The number of hydrogen-bond donors (Lipinski definition) is 2. The largest absolute Gasteiger partial charge is 0.496 e. The van der Waals surface area contributed by atoms with Crippen LogP contribution >= 0.6 is 0 Å². The minimum Gasteiger partial charge on any atom is -0.496 e. The molecule has 2 aromatic rings. The van der Waals surface area contributed by atoms with E-state index in [1.165, 1.54) is 11.3 Å². The zero-order valence-electron chi connectivity index (χ0n) is 9.79. The van der Waals surface area contributed by atoms with E-state index in [1.807, 2.05) is 24.3 Å². The van der Waals surface area contributed by atoms with Gasteiger partial charge in [-0.3, -0.25) is 5.10 Å². The molecule has 1 aromatic heterocycles. The van der Waals surface area contributed by atoms with Crippen molar-refractivity contribution in [1.82, 2.24) is 15.5 Å². The molecule has 4 nitrogen and oxygen atoms in total. The van der Waals surface area contributed by atoms with E-state index in [9.17, 15) is 0 Å². The molecule has 0 fully saturated rings. The first-order valence-electron chi connectivity index (χ1n) is 5.80. The number of aromatic amines is 1. The number of rotatable bonds is 2. The minimum atomic E-state index is 0.868. The SMILES string of the molecule is COc1ccccc1-c1n[nH]c2c1CNCC2. The van der Waals surface area contributed by atoms with E-state index in [2.05, 4.69) is 15.5 Å². The number of H-pyrrole nitrogens is 1. The van der Waals surface area contributed by atoms with E-state index in [0.29, 0.717) is 0 Å². The molecule has 88 valence electrons. The molecule has 0 aliphatic carbocycles. The van der Waals surface area contributed by atoms with Crippen LogP contribution < -0.4 is 10.1 Å². The van der Waals surface area contributed by atoms with Gasteiger partial charge in [0.05, 0.1) is 7.11 Å². The topological polar surface area (TPSA) is 49.9 Å². The van der Waals surface area contributed by atoms with Crippen LogP contribution in [0.25, 0.3) is 11.3 Å². The third kappa shape index (κ3) is 1.70. The van der Waals surface area contributed by atoms with Gasteiger partial charge in [-0.25, -0.2) is 0 Å². The highest BCUT2D eigenvalue weighted by Crippen LogP contribution is 2.32. The predicted molar refractivity (Wildman–Crippen MR) is 66.0 cm³/mol. The molecule has 1 aliphatic rings. The first-order chi connectivity index (χ1) is 8.40. The molecule has 2 heterocycles. The number of methoxy groups -OCH3 is 1. The Bertz CT molecular complexity index is 533. The van der Waals surface area contributed by atoms with E-state index in [-0.39, 0.29) is 0 Å². The summed E-state index contributed by atoms with van der Waals surface area (Å²) in [7, 11) is 1.69. The summed E-state index contributed by atoms with van der Waals surface area (Å²) in [4.78, 5) is 0. The molecule has 1 aromatic carbocycles. The molecule has 0 bridgehead atoms. The van der Waals surface area contributed by atoms with Crippen molar-refractivity contribution in [2.75, 3.05) is 13.7 Å². The maximum atomic E-state index is 5.39. The molecule has 0 radical (unpaired) electrons. The van der Waals surface area contributed by atoms with Gasteiger partial charge in [0.15, 0.2) is 0 Å². The number of aromatic nitrogens is 2. The smallest absolute Gasteiger partial charge is 0.128 e. The van der Waals surface area contributed by atoms with Crippen molar-refractivity contribution < 1.29 is 4.74 Å². The Balaban J connectivity index is 2.12. The number of hydrogen-bond acceptors (Lipinski definition) is 3. The lowest BCUT2D eigenvalue weighted by Crippen LogP contribution is -2.23. The number of nitrogens with zero attached hydrogens (tertiary/aromatic N) is 1. The highest BCUT2D eigenvalue weighted by molar-refractivity contribution is 5.70. The number of nitrogens with one attached hydrogen (secondary N) is 2. The second kappa shape index (κ2) is 4.22. The zero-order valence-corrected chi connectivity index (χ0v) is 9.79. The van der Waals surface area contributed by atoms with Crippen molar-refractivity contribution in [2.24, 2.45) is 0 Å². The lowest BCUT2D eigenvalue weighted by Gasteiger charge is -2.14. The van der Waals surface area contributed by atoms with Crippen molar-refractivity contribution in [2.45, 2.75) is 13.0 Å². The van der Waals surface area contributed by atoms with Gasteiger partial charge < -0.3 is 10.1 Å². The Morgan fingerprint density at radius 2 is 2.18 bits per heavy atom. The fourth-order valence-corrected chi connectivity index (χ4v) is 2.29. The lowest BCUT2D eigenvalue weighted by atomic mass is 10.0. The van der Waals surface area contributed by atoms with Gasteiger partial charge in [0.2, 0.25) is 0 Å². The lowest BCUT2D eigenvalue weighted by molar-refractivity contribution is 0.416. The number of fused-ring (bicyclic) bond motifs is 1.